The molecule has 2 aromatic carbocycles. The van der Waals surface area contributed by atoms with E-state index in [1.807, 2.05) is 19.1 Å². The van der Waals surface area contributed by atoms with Crippen molar-refractivity contribution in [2.24, 2.45) is 0 Å². The second-order valence-electron chi connectivity index (χ2n) is 4.57. The molecule has 0 spiro atoms. The Morgan fingerprint density at radius 3 is 2.45 bits per heavy atom. The van der Waals surface area contributed by atoms with E-state index >= 15 is 0 Å². The lowest BCUT2D eigenvalue weighted by Crippen LogP contribution is -2.07. The monoisotopic (exact) mass is 404 g/mol. The quantitative estimate of drug-likeness (QED) is 0.706. The molecular weight excluding hydrogens is 394 g/mol. The minimum atomic E-state index is -0.984. The van der Waals surface area contributed by atoms with Crippen molar-refractivity contribution >= 4 is 31.9 Å². The van der Waals surface area contributed by atoms with Gasteiger partial charge in [0, 0.05) is 16.5 Å². The van der Waals surface area contributed by atoms with Crippen molar-refractivity contribution < 1.29 is 13.9 Å². The van der Waals surface area contributed by atoms with Crippen molar-refractivity contribution in [3.8, 4) is 0 Å². The topological polar surface area (TPSA) is 20.2 Å². The average molecular weight is 406 g/mol. The van der Waals surface area contributed by atoms with Crippen LogP contribution in [0.3, 0.4) is 0 Å². The number of benzene rings is 2. The highest BCUT2D eigenvalue weighted by atomic mass is 79.9. The fourth-order valence-electron chi connectivity index (χ4n) is 1.98. The summed E-state index contributed by atoms with van der Waals surface area (Å²) in [5.41, 5.74) is 1.46. The molecule has 1 nitrogen and oxygen atoms in total. The van der Waals surface area contributed by atoms with Gasteiger partial charge in [-0.15, -0.1) is 0 Å². The second-order valence-corrected chi connectivity index (χ2v) is 6.28. The molecule has 0 radical (unpaired) electrons. The van der Waals surface area contributed by atoms with Gasteiger partial charge in [0.1, 0.15) is 11.6 Å². The van der Waals surface area contributed by atoms with E-state index in [1.54, 1.807) is 6.07 Å². The number of hydrogen-bond acceptors (Lipinski definition) is 1. The van der Waals surface area contributed by atoms with Gasteiger partial charge in [0.05, 0.1) is 10.6 Å². The van der Waals surface area contributed by atoms with Gasteiger partial charge >= 0.3 is 0 Å². The number of aryl methyl sites for hydroxylation is 1. The molecule has 1 N–H and O–H groups in total. The summed E-state index contributed by atoms with van der Waals surface area (Å²) in [7, 11) is 0. The summed E-state index contributed by atoms with van der Waals surface area (Å²) in [5.74, 6) is -1.33. The lowest BCUT2D eigenvalue weighted by Gasteiger charge is -2.15. The van der Waals surface area contributed by atoms with Gasteiger partial charge in [-0.05, 0) is 46.6 Å². The molecule has 0 bridgehead atoms. The Bertz CT molecular complexity index is 644. The van der Waals surface area contributed by atoms with Crippen molar-refractivity contribution in [3.63, 3.8) is 0 Å². The van der Waals surface area contributed by atoms with Gasteiger partial charge in [-0.3, -0.25) is 0 Å². The van der Waals surface area contributed by atoms with E-state index in [0.717, 1.165) is 5.56 Å². The maximum absolute atomic E-state index is 13.9. The first-order valence-electron chi connectivity index (χ1n) is 5.96. The first kappa shape index (κ1) is 15.6. The minimum Gasteiger partial charge on any atom is -0.388 e. The van der Waals surface area contributed by atoms with Gasteiger partial charge in [0.15, 0.2) is 0 Å². The van der Waals surface area contributed by atoms with Crippen molar-refractivity contribution in [2.45, 2.75) is 19.4 Å². The molecule has 0 aliphatic carbocycles. The van der Waals surface area contributed by atoms with E-state index in [1.165, 1.54) is 12.1 Å². The SMILES string of the molecule is Cc1ccc(Br)c(C(O)Cc2c(F)ccc(Br)c2F)c1. The predicted molar refractivity (Wildman–Crippen MR) is 81.6 cm³/mol. The van der Waals surface area contributed by atoms with E-state index in [9.17, 15) is 13.9 Å². The number of halogens is 4. The fraction of sp³-hybridized carbons (Fsp3) is 0.200. The van der Waals surface area contributed by atoms with E-state index < -0.39 is 17.7 Å². The van der Waals surface area contributed by atoms with E-state index in [2.05, 4.69) is 31.9 Å². The minimum absolute atomic E-state index is 0.125. The van der Waals surface area contributed by atoms with Crippen LogP contribution in [0.1, 0.15) is 22.8 Å². The van der Waals surface area contributed by atoms with Crippen LogP contribution >= 0.6 is 31.9 Å². The Hall–Kier alpha value is -0.780. The Morgan fingerprint density at radius 1 is 1.10 bits per heavy atom. The van der Waals surface area contributed by atoms with E-state index in [-0.39, 0.29) is 16.5 Å². The summed E-state index contributed by atoms with van der Waals surface area (Å²) in [6.07, 6.45) is -1.11. The van der Waals surface area contributed by atoms with Crippen molar-refractivity contribution in [2.75, 3.05) is 0 Å². The Kier molecular flexibility index (Phi) is 4.94. The summed E-state index contributed by atoms with van der Waals surface area (Å²) >= 11 is 6.36. The molecule has 2 rings (SSSR count). The molecule has 0 heterocycles. The second kappa shape index (κ2) is 6.33. The van der Waals surface area contributed by atoms with Gasteiger partial charge in [-0.2, -0.15) is 0 Å². The van der Waals surface area contributed by atoms with Gasteiger partial charge in [-0.25, -0.2) is 8.78 Å². The first-order valence-corrected chi connectivity index (χ1v) is 7.55. The third kappa shape index (κ3) is 3.27. The molecule has 0 amide bonds. The summed E-state index contributed by atoms with van der Waals surface area (Å²) in [6.45, 7) is 1.89. The molecule has 0 saturated carbocycles. The molecule has 0 aliphatic rings. The summed E-state index contributed by atoms with van der Waals surface area (Å²) in [6, 6.07) is 7.98. The largest absolute Gasteiger partial charge is 0.388 e. The summed E-state index contributed by atoms with van der Waals surface area (Å²) in [4.78, 5) is 0. The van der Waals surface area contributed by atoms with Crippen LogP contribution in [0.5, 0.6) is 0 Å². The Morgan fingerprint density at radius 2 is 1.75 bits per heavy atom. The molecule has 5 heteroatoms. The standard InChI is InChI=1S/C15H12Br2F2O/c1-8-2-3-11(16)9(6-8)14(20)7-10-13(18)5-4-12(17)15(10)19/h2-6,14,20H,7H2,1H3. The van der Waals surface area contributed by atoms with E-state index in [0.29, 0.717) is 10.0 Å². The zero-order valence-electron chi connectivity index (χ0n) is 10.6. The van der Waals surface area contributed by atoms with Crippen LogP contribution < -0.4 is 0 Å². The van der Waals surface area contributed by atoms with Gasteiger partial charge in [0.25, 0.3) is 0 Å². The molecule has 1 atom stereocenters. The van der Waals surface area contributed by atoms with Crippen molar-refractivity contribution in [1.29, 1.82) is 0 Å². The number of rotatable bonds is 3. The summed E-state index contributed by atoms with van der Waals surface area (Å²) in [5, 5.41) is 10.2. The van der Waals surface area contributed by atoms with Gasteiger partial charge in [-0.1, -0.05) is 33.6 Å². The molecule has 0 fully saturated rings. The Balaban J connectivity index is 2.35. The third-order valence-corrected chi connectivity index (χ3v) is 4.38. The van der Waals surface area contributed by atoms with Crippen LogP contribution in [0.2, 0.25) is 0 Å². The number of aliphatic hydroxyl groups excluding tert-OH is 1. The highest BCUT2D eigenvalue weighted by Gasteiger charge is 2.19. The lowest BCUT2D eigenvalue weighted by molar-refractivity contribution is 0.174. The lowest BCUT2D eigenvalue weighted by atomic mass is 9.99. The maximum atomic E-state index is 13.9. The van der Waals surface area contributed by atoms with Gasteiger partial charge < -0.3 is 5.11 Å². The zero-order valence-corrected chi connectivity index (χ0v) is 13.8. The molecule has 1 unspecified atom stereocenters. The number of aliphatic hydroxyl groups is 1. The molecule has 2 aromatic rings. The van der Waals surface area contributed by atoms with Crippen LogP contribution in [0, 0.1) is 18.6 Å². The number of hydrogen-bond donors (Lipinski definition) is 1. The summed E-state index contributed by atoms with van der Waals surface area (Å²) < 4.78 is 28.5. The maximum Gasteiger partial charge on any atom is 0.143 e. The molecule has 0 aromatic heterocycles. The average Bonchev–Trinajstić information content (AvgIpc) is 2.41. The van der Waals surface area contributed by atoms with Crippen LogP contribution in [-0.2, 0) is 6.42 Å². The molecule has 0 saturated heterocycles. The van der Waals surface area contributed by atoms with Crippen LogP contribution in [0.15, 0.2) is 39.3 Å². The normalized spacial score (nSPS) is 12.5. The van der Waals surface area contributed by atoms with E-state index in [4.69, 9.17) is 0 Å². The molecule has 20 heavy (non-hydrogen) atoms. The van der Waals surface area contributed by atoms with Crippen LogP contribution in [0.25, 0.3) is 0 Å². The smallest absolute Gasteiger partial charge is 0.143 e. The van der Waals surface area contributed by atoms with Crippen LogP contribution in [-0.4, -0.2) is 5.11 Å². The highest BCUT2D eigenvalue weighted by molar-refractivity contribution is 9.10. The predicted octanol–water partition coefficient (Wildman–Crippen LogP) is 5.07. The molecule has 106 valence electrons. The molecular formula is C15H12Br2F2O. The van der Waals surface area contributed by atoms with Crippen molar-refractivity contribution in [3.05, 3.63) is 67.6 Å². The third-order valence-electron chi connectivity index (χ3n) is 3.05. The zero-order chi connectivity index (χ0) is 14.9. The van der Waals surface area contributed by atoms with Gasteiger partial charge in [0.2, 0.25) is 0 Å². The van der Waals surface area contributed by atoms with Crippen molar-refractivity contribution in [1.82, 2.24) is 0 Å². The highest BCUT2D eigenvalue weighted by Crippen LogP contribution is 2.30. The van der Waals surface area contributed by atoms with Crippen LogP contribution in [0.4, 0.5) is 8.78 Å². The first-order chi connectivity index (χ1) is 9.40. The fourth-order valence-corrected chi connectivity index (χ4v) is 2.86. The molecule has 0 aliphatic heterocycles. The Labute approximate surface area is 132 Å².